The first-order valence-corrected chi connectivity index (χ1v) is 5.75. The van der Waals surface area contributed by atoms with Crippen LogP contribution >= 0.6 is 0 Å². The van der Waals surface area contributed by atoms with Crippen LogP contribution in [-0.2, 0) is 6.42 Å². The van der Waals surface area contributed by atoms with Gasteiger partial charge in [0.05, 0.1) is 11.3 Å². The van der Waals surface area contributed by atoms with Gasteiger partial charge in [0, 0.05) is 12.0 Å². The average molecular weight is 246 g/mol. The number of rotatable bonds is 1. The predicted molar refractivity (Wildman–Crippen MR) is 63.2 cm³/mol. The minimum atomic E-state index is -0.331. The van der Waals surface area contributed by atoms with Crippen molar-refractivity contribution in [2.45, 2.75) is 19.3 Å². The number of nitrogens with zero attached hydrogens (tertiary/aromatic N) is 2. The Balaban J connectivity index is 2.17. The van der Waals surface area contributed by atoms with Crippen LogP contribution < -0.4 is 0 Å². The molecule has 1 aliphatic carbocycles. The van der Waals surface area contributed by atoms with Crippen LogP contribution in [-0.4, -0.2) is 16.1 Å². The van der Waals surface area contributed by atoms with E-state index in [0.29, 0.717) is 34.7 Å². The molecule has 0 saturated heterocycles. The van der Waals surface area contributed by atoms with Crippen molar-refractivity contribution in [2.75, 3.05) is 0 Å². The lowest BCUT2D eigenvalue weighted by Gasteiger charge is -2.11. The summed E-state index contributed by atoms with van der Waals surface area (Å²) in [5.74, 6) is 0.371. The minimum Gasteiger partial charge on any atom is -0.411 e. The normalized spacial score (nSPS) is 16.8. The topological polar surface area (TPSA) is 58.6 Å². The molecule has 3 rings (SSSR count). The monoisotopic (exact) mass is 246 g/mol. The van der Waals surface area contributed by atoms with E-state index in [4.69, 9.17) is 9.73 Å². The second kappa shape index (κ2) is 4.25. The van der Waals surface area contributed by atoms with Gasteiger partial charge in [-0.05, 0) is 25.0 Å². The van der Waals surface area contributed by atoms with E-state index in [1.807, 2.05) is 0 Å². The first-order valence-electron chi connectivity index (χ1n) is 5.75. The Morgan fingerprint density at radius 1 is 1.33 bits per heavy atom. The highest BCUT2D eigenvalue weighted by Crippen LogP contribution is 2.31. The highest BCUT2D eigenvalue weighted by molar-refractivity contribution is 6.06. The molecule has 1 N–H and O–H groups in total. The lowest BCUT2D eigenvalue weighted by atomic mass is 9.92. The standard InChI is InChI=1S/C13H11FN2O2/c14-9-4-1-3-8(7-9)13-12-10(15-17)5-2-6-11(12)18-16-13/h1,3-4,7,17H,2,5-6H2/b15-10+. The van der Waals surface area contributed by atoms with E-state index < -0.39 is 0 Å². The molecule has 1 aromatic heterocycles. The summed E-state index contributed by atoms with van der Waals surface area (Å²) < 4.78 is 18.5. The highest BCUT2D eigenvalue weighted by Gasteiger charge is 2.26. The van der Waals surface area contributed by atoms with Crippen LogP contribution in [0.15, 0.2) is 33.9 Å². The fourth-order valence-corrected chi connectivity index (χ4v) is 2.27. The molecular weight excluding hydrogens is 235 g/mol. The third kappa shape index (κ3) is 1.68. The summed E-state index contributed by atoms with van der Waals surface area (Å²) in [6.07, 6.45) is 2.30. The van der Waals surface area contributed by atoms with Gasteiger partial charge in [-0.25, -0.2) is 4.39 Å². The van der Waals surface area contributed by atoms with Crippen LogP contribution in [0.2, 0.25) is 0 Å². The second-order valence-electron chi connectivity index (χ2n) is 4.24. The van der Waals surface area contributed by atoms with Gasteiger partial charge in [-0.2, -0.15) is 0 Å². The Labute approximate surface area is 103 Å². The van der Waals surface area contributed by atoms with Crippen LogP contribution in [0.25, 0.3) is 11.3 Å². The van der Waals surface area contributed by atoms with Crippen LogP contribution in [0.1, 0.15) is 24.2 Å². The third-order valence-corrected chi connectivity index (χ3v) is 3.09. The van der Waals surface area contributed by atoms with Gasteiger partial charge in [0.15, 0.2) is 0 Å². The van der Waals surface area contributed by atoms with E-state index in [0.717, 1.165) is 12.8 Å². The number of hydrogen-bond donors (Lipinski definition) is 1. The second-order valence-corrected chi connectivity index (χ2v) is 4.24. The largest absolute Gasteiger partial charge is 0.411 e. The third-order valence-electron chi connectivity index (χ3n) is 3.09. The number of halogens is 1. The quantitative estimate of drug-likeness (QED) is 0.621. The summed E-state index contributed by atoms with van der Waals surface area (Å²) in [5, 5.41) is 16.3. The van der Waals surface area contributed by atoms with E-state index in [1.165, 1.54) is 12.1 Å². The maximum absolute atomic E-state index is 13.2. The maximum atomic E-state index is 13.2. The van der Waals surface area contributed by atoms with Crippen molar-refractivity contribution in [3.63, 3.8) is 0 Å². The molecule has 0 unspecified atom stereocenters. The number of aromatic nitrogens is 1. The summed E-state index contributed by atoms with van der Waals surface area (Å²) in [4.78, 5) is 0. The summed E-state index contributed by atoms with van der Waals surface area (Å²) in [6.45, 7) is 0. The summed E-state index contributed by atoms with van der Waals surface area (Å²) in [5.41, 5.74) is 2.42. The smallest absolute Gasteiger partial charge is 0.146 e. The molecular formula is C13H11FN2O2. The van der Waals surface area contributed by atoms with Crippen LogP contribution in [0.4, 0.5) is 4.39 Å². The molecule has 0 radical (unpaired) electrons. The molecule has 0 amide bonds. The van der Waals surface area contributed by atoms with E-state index in [1.54, 1.807) is 12.1 Å². The van der Waals surface area contributed by atoms with Crippen LogP contribution in [0.5, 0.6) is 0 Å². The van der Waals surface area contributed by atoms with Gasteiger partial charge in [0.1, 0.15) is 17.3 Å². The van der Waals surface area contributed by atoms with Crippen molar-refractivity contribution in [1.82, 2.24) is 5.16 Å². The van der Waals surface area contributed by atoms with Gasteiger partial charge in [-0.1, -0.05) is 22.4 Å². The maximum Gasteiger partial charge on any atom is 0.146 e. The van der Waals surface area contributed by atoms with Gasteiger partial charge in [0.25, 0.3) is 0 Å². The zero-order valence-corrected chi connectivity index (χ0v) is 9.56. The first-order chi connectivity index (χ1) is 8.79. The lowest BCUT2D eigenvalue weighted by Crippen LogP contribution is -2.10. The zero-order valence-electron chi connectivity index (χ0n) is 9.56. The number of hydrogen-bond acceptors (Lipinski definition) is 4. The average Bonchev–Trinajstić information content (AvgIpc) is 2.82. The van der Waals surface area contributed by atoms with Crippen molar-refractivity contribution in [2.24, 2.45) is 5.16 Å². The molecule has 5 heteroatoms. The lowest BCUT2D eigenvalue weighted by molar-refractivity contribution is 0.316. The minimum absolute atomic E-state index is 0.331. The SMILES string of the molecule is O/N=C1\CCCc2onc(-c3cccc(F)c3)c21. The van der Waals surface area contributed by atoms with Crippen molar-refractivity contribution >= 4 is 5.71 Å². The Hall–Kier alpha value is -2.17. The fraction of sp³-hybridized carbons (Fsp3) is 0.231. The highest BCUT2D eigenvalue weighted by atomic mass is 19.1. The van der Waals surface area contributed by atoms with Gasteiger partial charge >= 0.3 is 0 Å². The van der Waals surface area contributed by atoms with Gasteiger partial charge in [0.2, 0.25) is 0 Å². The number of benzene rings is 1. The van der Waals surface area contributed by atoms with Gasteiger partial charge in [-0.15, -0.1) is 0 Å². The Bertz CT molecular complexity index is 619. The summed E-state index contributed by atoms with van der Waals surface area (Å²) in [6, 6.07) is 6.13. The van der Waals surface area contributed by atoms with Crippen LogP contribution in [0, 0.1) is 5.82 Å². The van der Waals surface area contributed by atoms with Crippen molar-refractivity contribution < 1.29 is 14.1 Å². The molecule has 1 heterocycles. The van der Waals surface area contributed by atoms with Gasteiger partial charge < -0.3 is 9.73 Å². The van der Waals surface area contributed by atoms with Crippen LogP contribution in [0.3, 0.4) is 0 Å². The predicted octanol–water partition coefficient (Wildman–Crippen LogP) is 3.00. The fourth-order valence-electron chi connectivity index (χ4n) is 2.27. The summed E-state index contributed by atoms with van der Waals surface area (Å²) >= 11 is 0. The van der Waals surface area contributed by atoms with Gasteiger partial charge in [-0.3, -0.25) is 0 Å². The van der Waals surface area contributed by atoms with E-state index in [9.17, 15) is 4.39 Å². The first kappa shape index (κ1) is 11.0. The molecule has 1 aliphatic rings. The molecule has 0 fully saturated rings. The molecule has 92 valence electrons. The molecule has 1 aromatic carbocycles. The molecule has 4 nitrogen and oxygen atoms in total. The molecule has 0 aliphatic heterocycles. The molecule has 2 aromatic rings. The molecule has 0 atom stereocenters. The summed E-state index contributed by atoms with van der Waals surface area (Å²) in [7, 11) is 0. The Morgan fingerprint density at radius 2 is 2.22 bits per heavy atom. The Kier molecular flexibility index (Phi) is 2.59. The van der Waals surface area contributed by atoms with Crippen molar-refractivity contribution in [3.05, 3.63) is 41.4 Å². The molecule has 0 bridgehead atoms. The molecule has 0 spiro atoms. The van der Waals surface area contributed by atoms with E-state index in [2.05, 4.69) is 10.3 Å². The Morgan fingerprint density at radius 3 is 3.00 bits per heavy atom. The number of aryl methyl sites for hydroxylation is 1. The van der Waals surface area contributed by atoms with E-state index >= 15 is 0 Å². The number of fused-ring (bicyclic) bond motifs is 1. The zero-order chi connectivity index (χ0) is 12.5. The number of oxime groups is 1. The van der Waals surface area contributed by atoms with Crippen molar-refractivity contribution in [1.29, 1.82) is 0 Å². The van der Waals surface area contributed by atoms with Crippen molar-refractivity contribution in [3.8, 4) is 11.3 Å². The van der Waals surface area contributed by atoms with E-state index in [-0.39, 0.29) is 5.82 Å². The molecule has 18 heavy (non-hydrogen) atoms. The molecule has 0 saturated carbocycles.